The van der Waals surface area contributed by atoms with Gasteiger partial charge in [-0.15, -0.1) is 0 Å². The molecule has 0 saturated carbocycles. The van der Waals surface area contributed by atoms with Crippen LogP contribution < -0.4 is 5.73 Å². The number of aromatic nitrogens is 1. The zero-order valence-corrected chi connectivity index (χ0v) is 8.78. The fourth-order valence-corrected chi connectivity index (χ4v) is 0.693. The molecule has 0 fully saturated rings. The summed E-state index contributed by atoms with van der Waals surface area (Å²) in [4.78, 5) is 14.6. The summed E-state index contributed by atoms with van der Waals surface area (Å²) in [6, 6.07) is 3.01. The summed E-state index contributed by atoms with van der Waals surface area (Å²) in [5.74, 6) is -0.0907. The Morgan fingerprint density at radius 3 is 2.57 bits per heavy atom. The highest BCUT2D eigenvalue weighted by Gasteiger charge is 2.03. The number of pyridine rings is 1. The lowest BCUT2D eigenvalue weighted by Crippen LogP contribution is -2.02. The summed E-state index contributed by atoms with van der Waals surface area (Å²) < 4.78 is 4.47. The van der Waals surface area contributed by atoms with Gasteiger partial charge in [-0.25, -0.2) is 9.78 Å². The van der Waals surface area contributed by atoms with Gasteiger partial charge in [0.2, 0.25) is 0 Å². The molecule has 0 atom stereocenters. The number of anilines is 1. The van der Waals surface area contributed by atoms with Crippen molar-refractivity contribution in [2.24, 2.45) is 0 Å². The highest BCUT2D eigenvalue weighted by atomic mass is 16.5. The second-order valence-electron chi connectivity index (χ2n) is 2.67. The Kier molecular flexibility index (Phi) is 6.11. The predicted octanol–water partition coefficient (Wildman–Crippen LogP) is 1.87. The average molecular weight is 196 g/mol. The van der Waals surface area contributed by atoms with E-state index in [4.69, 9.17) is 5.73 Å². The van der Waals surface area contributed by atoms with Crippen LogP contribution in [0.2, 0.25) is 0 Å². The topological polar surface area (TPSA) is 65.2 Å². The molecule has 0 aliphatic heterocycles. The summed E-state index contributed by atoms with van der Waals surface area (Å²) in [6.45, 7) is 4.25. The van der Waals surface area contributed by atoms with E-state index in [0.717, 1.165) is 0 Å². The van der Waals surface area contributed by atoms with Gasteiger partial charge in [0.15, 0.2) is 0 Å². The summed E-state index contributed by atoms with van der Waals surface area (Å²) in [7, 11) is 1.32. The fourth-order valence-electron chi connectivity index (χ4n) is 0.693. The quantitative estimate of drug-likeness (QED) is 0.696. The van der Waals surface area contributed by atoms with E-state index in [1.165, 1.54) is 25.8 Å². The SMILES string of the molecule is CCC.COC(=O)c1ccnc(N)c1. The minimum Gasteiger partial charge on any atom is -0.465 e. The fraction of sp³-hybridized carbons (Fsp3) is 0.400. The number of rotatable bonds is 1. The van der Waals surface area contributed by atoms with Crippen LogP contribution in [0.4, 0.5) is 5.82 Å². The lowest BCUT2D eigenvalue weighted by Gasteiger charge is -1.97. The van der Waals surface area contributed by atoms with Gasteiger partial charge in [-0.1, -0.05) is 20.3 Å². The third kappa shape index (κ3) is 4.45. The van der Waals surface area contributed by atoms with Crippen LogP contribution in [-0.4, -0.2) is 18.1 Å². The van der Waals surface area contributed by atoms with E-state index in [2.05, 4.69) is 23.6 Å². The molecule has 1 rings (SSSR count). The van der Waals surface area contributed by atoms with Crippen LogP contribution in [0, 0.1) is 0 Å². The molecule has 0 bridgehead atoms. The molecule has 0 aromatic carbocycles. The lowest BCUT2D eigenvalue weighted by atomic mass is 10.3. The van der Waals surface area contributed by atoms with Crippen molar-refractivity contribution in [1.29, 1.82) is 0 Å². The molecule has 2 N–H and O–H groups in total. The number of ether oxygens (including phenoxy) is 1. The van der Waals surface area contributed by atoms with Gasteiger partial charge in [0.1, 0.15) is 5.82 Å². The highest BCUT2D eigenvalue weighted by Crippen LogP contribution is 2.03. The summed E-state index contributed by atoms with van der Waals surface area (Å²) >= 11 is 0. The Morgan fingerprint density at radius 2 is 2.14 bits per heavy atom. The largest absolute Gasteiger partial charge is 0.465 e. The Balaban J connectivity index is 0.000000500. The van der Waals surface area contributed by atoms with E-state index < -0.39 is 5.97 Å². The third-order valence-electron chi connectivity index (χ3n) is 1.20. The van der Waals surface area contributed by atoms with Crippen molar-refractivity contribution in [1.82, 2.24) is 4.98 Å². The van der Waals surface area contributed by atoms with Crippen LogP contribution in [0.25, 0.3) is 0 Å². The molecule has 4 heteroatoms. The van der Waals surface area contributed by atoms with Crippen LogP contribution in [0.15, 0.2) is 18.3 Å². The third-order valence-corrected chi connectivity index (χ3v) is 1.20. The Bertz CT molecular complexity index is 287. The van der Waals surface area contributed by atoms with Crippen LogP contribution in [-0.2, 0) is 4.74 Å². The van der Waals surface area contributed by atoms with E-state index in [1.807, 2.05) is 0 Å². The van der Waals surface area contributed by atoms with Crippen LogP contribution >= 0.6 is 0 Å². The summed E-state index contributed by atoms with van der Waals surface area (Å²) in [6.07, 6.45) is 2.71. The van der Waals surface area contributed by atoms with Crippen LogP contribution in [0.3, 0.4) is 0 Å². The minimum absolute atomic E-state index is 0.313. The van der Waals surface area contributed by atoms with Crippen LogP contribution in [0.1, 0.15) is 30.6 Å². The monoisotopic (exact) mass is 196 g/mol. The molecule has 0 aliphatic carbocycles. The number of hydrogen-bond acceptors (Lipinski definition) is 4. The number of nitrogen functional groups attached to an aromatic ring is 1. The van der Waals surface area contributed by atoms with Crippen molar-refractivity contribution < 1.29 is 9.53 Å². The standard InChI is InChI=1S/C7H8N2O2.C3H8/c1-11-7(10)5-2-3-9-6(8)4-5;1-3-2/h2-4H,1H3,(H2,8,9);3H2,1-2H3. The zero-order valence-electron chi connectivity index (χ0n) is 8.78. The Labute approximate surface area is 84.1 Å². The smallest absolute Gasteiger partial charge is 0.338 e. The van der Waals surface area contributed by atoms with Gasteiger partial charge in [0.25, 0.3) is 0 Å². The van der Waals surface area contributed by atoms with Crippen molar-refractivity contribution >= 4 is 11.8 Å². The van der Waals surface area contributed by atoms with Crippen molar-refractivity contribution in [3.05, 3.63) is 23.9 Å². The van der Waals surface area contributed by atoms with Gasteiger partial charge >= 0.3 is 5.97 Å². The molecule has 0 amide bonds. The van der Waals surface area contributed by atoms with Gasteiger partial charge in [-0.3, -0.25) is 0 Å². The number of hydrogen-bond donors (Lipinski definition) is 1. The van der Waals surface area contributed by atoms with Gasteiger partial charge < -0.3 is 10.5 Å². The first-order valence-corrected chi connectivity index (χ1v) is 4.45. The Morgan fingerprint density at radius 1 is 1.57 bits per heavy atom. The number of nitrogens with zero attached hydrogens (tertiary/aromatic N) is 1. The number of carbonyl (C=O) groups is 1. The second kappa shape index (κ2) is 6.88. The Hall–Kier alpha value is -1.58. The molecule has 1 aromatic rings. The van der Waals surface area contributed by atoms with Crippen molar-refractivity contribution in [3.63, 3.8) is 0 Å². The maximum Gasteiger partial charge on any atom is 0.338 e. The van der Waals surface area contributed by atoms with Crippen LogP contribution in [0.5, 0.6) is 0 Å². The molecular weight excluding hydrogens is 180 g/mol. The molecule has 1 heterocycles. The van der Waals surface area contributed by atoms with Crippen molar-refractivity contribution in [2.45, 2.75) is 20.3 Å². The number of methoxy groups -OCH3 is 1. The van der Waals surface area contributed by atoms with Crippen molar-refractivity contribution in [3.8, 4) is 0 Å². The molecule has 0 aliphatic rings. The van der Waals surface area contributed by atoms with Gasteiger partial charge in [-0.2, -0.15) is 0 Å². The first-order valence-electron chi connectivity index (χ1n) is 4.45. The highest BCUT2D eigenvalue weighted by molar-refractivity contribution is 5.89. The first kappa shape index (κ1) is 12.4. The average Bonchev–Trinajstić information content (AvgIpc) is 2.18. The normalized spacial score (nSPS) is 8.50. The predicted molar refractivity (Wildman–Crippen MR) is 56.0 cm³/mol. The molecular formula is C10H16N2O2. The van der Waals surface area contributed by atoms with E-state index in [-0.39, 0.29) is 0 Å². The van der Waals surface area contributed by atoms with Gasteiger partial charge in [0.05, 0.1) is 12.7 Å². The maximum absolute atomic E-state index is 10.9. The first-order chi connectivity index (χ1) is 6.65. The molecule has 0 saturated heterocycles. The lowest BCUT2D eigenvalue weighted by molar-refractivity contribution is 0.0600. The van der Waals surface area contributed by atoms with Crippen molar-refractivity contribution in [2.75, 3.05) is 12.8 Å². The maximum atomic E-state index is 10.9. The molecule has 0 radical (unpaired) electrons. The summed E-state index contributed by atoms with van der Waals surface area (Å²) in [5.41, 5.74) is 5.75. The zero-order chi connectivity index (χ0) is 11.0. The van der Waals surface area contributed by atoms with E-state index in [9.17, 15) is 4.79 Å². The molecule has 78 valence electrons. The minimum atomic E-state index is -0.404. The molecule has 1 aromatic heterocycles. The molecule has 4 nitrogen and oxygen atoms in total. The van der Waals surface area contributed by atoms with Gasteiger partial charge in [-0.05, 0) is 12.1 Å². The van der Waals surface area contributed by atoms with E-state index in [1.54, 1.807) is 6.07 Å². The number of esters is 1. The van der Waals surface area contributed by atoms with E-state index >= 15 is 0 Å². The van der Waals surface area contributed by atoms with Gasteiger partial charge in [0, 0.05) is 6.20 Å². The van der Waals surface area contributed by atoms with E-state index in [0.29, 0.717) is 11.4 Å². The number of carbonyl (C=O) groups excluding carboxylic acids is 1. The molecule has 0 spiro atoms. The summed E-state index contributed by atoms with van der Waals surface area (Å²) in [5, 5.41) is 0. The molecule has 0 unspecified atom stereocenters. The number of nitrogens with two attached hydrogens (primary N) is 1. The molecule has 14 heavy (non-hydrogen) atoms. The second-order valence-corrected chi connectivity index (χ2v) is 2.67.